The molecule has 0 spiro atoms. The molecule has 0 bridgehead atoms. The fourth-order valence-corrected chi connectivity index (χ4v) is 2.64. The number of rotatable bonds is 6. The van der Waals surface area contributed by atoms with E-state index in [0.29, 0.717) is 31.7 Å². The largest absolute Gasteiger partial charge is 0.367 e. The zero-order chi connectivity index (χ0) is 17.7. The number of nitrogens with two attached hydrogens (primary N) is 1. The molecule has 2 heterocycles. The Morgan fingerprint density at radius 2 is 1.96 bits per heavy atom. The highest BCUT2D eigenvalue weighted by atomic mass is 16.2. The van der Waals surface area contributed by atoms with Gasteiger partial charge in [-0.1, -0.05) is 13.8 Å². The monoisotopic (exact) mass is 333 g/mol. The second-order valence-electron chi connectivity index (χ2n) is 6.38. The van der Waals surface area contributed by atoms with Crippen molar-refractivity contribution in [3.8, 4) is 0 Å². The molecule has 1 aliphatic rings. The van der Waals surface area contributed by atoms with Gasteiger partial charge in [-0.05, 0) is 18.8 Å². The van der Waals surface area contributed by atoms with Crippen LogP contribution in [-0.2, 0) is 9.59 Å². The quantitative estimate of drug-likeness (QED) is 0.736. The highest BCUT2D eigenvalue weighted by Gasteiger charge is 2.27. The van der Waals surface area contributed by atoms with E-state index in [0.717, 1.165) is 0 Å². The van der Waals surface area contributed by atoms with E-state index in [1.165, 1.54) is 12.4 Å². The van der Waals surface area contributed by atoms with Crippen LogP contribution in [0, 0.1) is 5.92 Å². The third kappa shape index (κ3) is 4.74. The van der Waals surface area contributed by atoms with Crippen LogP contribution >= 0.6 is 0 Å². The second kappa shape index (κ2) is 7.85. The number of carbonyl (C=O) groups excluding carboxylic acids is 3. The zero-order valence-electron chi connectivity index (χ0n) is 14.0. The van der Waals surface area contributed by atoms with Crippen LogP contribution in [-0.4, -0.2) is 51.6 Å². The van der Waals surface area contributed by atoms with E-state index in [1.807, 2.05) is 13.8 Å². The van der Waals surface area contributed by atoms with Gasteiger partial charge >= 0.3 is 0 Å². The lowest BCUT2D eigenvalue weighted by Crippen LogP contribution is -2.45. The van der Waals surface area contributed by atoms with Crippen molar-refractivity contribution in [1.82, 2.24) is 14.9 Å². The van der Waals surface area contributed by atoms with Gasteiger partial charge in [0.15, 0.2) is 0 Å². The average molecular weight is 333 g/mol. The van der Waals surface area contributed by atoms with Gasteiger partial charge in [0.05, 0.1) is 0 Å². The van der Waals surface area contributed by atoms with Crippen LogP contribution in [0.1, 0.15) is 43.6 Å². The molecule has 0 atom stereocenters. The summed E-state index contributed by atoms with van der Waals surface area (Å²) in [5.74, 6) is -0.611. The molecular formula is C16H23N5O3. The number of nitrogens with zero attached hydrogens (tertiary/aromatic N) is 3. The summed E-state index contributed by atoms with van der Waals surface area (Å²) >= 11 is 0. The highest BCUT2D eigenvalue weighted by molar-refractivity contribution is 6.36. The molecule has 0 aromatic carbocycles. The number of ketones is 1. The Morgan fingerprint density at radius 1 is 1.29 bits per heavy atom. The normalized spacial score (nSPS) is 15.4. The molecule has 0 aliphatic carbocycles. The molecule has 1 fully saturated rings. The Hall–Kier alpha value is -2.51. The number of nitrogens with one attached hydrogen (secondary N) is 1. The molecule has 130 valence electrons. The van der Waals surface area contributed by atoms with Crippen molar-refractivity contribution < 1.29 is 14.4 Å². The maximum Gasteiger partial charge on any atom is 0.289 e. The van der Waals surface area contributed by atoms with Crippen LogP contribution in [0.3, 0.4) is 0 Å². The Balaban J connectivity index is 1.87. The molecule has 8 heteroatoms. The van der Waals surface area contributed by atoms with Gasteiger partial charge in [-0.3, -0.25) is 14.4 Å². The Morgan fingerprint density at radius 3 is 2.54 bits per heavy atom. The number of likely N-dealkylation sites (tertiary alicyclic amines) is 1. The molecule has 2 amide bonds. The summed E-state index contributed by atoms with van der Waals surface area (Å²) in [7, 11) is 0. The van der Waals surface area contributed by atoms with Crippen LogP contribution in [0.5, 0.6) is 0 Å². The molecule has 1 aromatic rings. The minimum absolute atomic E-state index is 0.116. The number of piperidine rings is 1. The first-order chi connectivity index (χ1) is 11.4. The number of amides is 2. The summed E-state index contributed by atoms with van der Waals surface area (Å²) in [5.41, 5.74) is 5.35. The second-order valence-corrected chi connectivity index (χ2v) is 6.38. The molecule has 1 saturated heterocycles. The van der Waals surface area contributed by atoms with Crippen LogP contribution in [0.25, 0.3) is 0 Å². The molecule has 0 unspecified atom stereocenters. The Kier molecular flexibility index (Phi) is 5.83. The van der Waals surface area contributed by atoms with Gasteiger partial charge in [0.25, 0.3) is 11.8 Å². The highest BCUT2D eigenvalue weighted by Crippen LogP contribution is 2.16. The van der Waals surface area contributed by atoms with Crippen molar-refractivity contribution in [2.24, 2.45) is 11.7 Å². The molecule has 0 radical (unpaired) electrons. The fourth-order valence-electron chi connectivity index (χ4n) is 2.64. The van der Waals surface area contributed by atoms with E-state index in [9.17, 15) is 14.4 Å². The summed E-state index contributed by atoms with van der Waals surface area (Å²) in [6.07, 6.45) is 2.98. The van der Waals surface area contributed by atoms with Gasteiger partial charge in [0.1, 0.15) is 17.8 Å². The number of hydrogen-bond acceptors (Lipinski definition) is 6. The van der Waals surface area contributed by atoms with Gasteiger partial charge in [-0.2, -0.15) is 0 Å². The summed E-state index contributed by atoms with van der Waals surface area (Å²) < 4.78 is 0. The lowest BCUT2D eigenvalue weighted by atomic mass is 10.0. The lowest BCUT2D eigenvalue weighted by molar-refractivity contribution is -0.145. The van der Waals surface area contributed by atoms with Crippen molar-refractivity contribution in [1.29, 1.82) is 0 Å². The molecule has 3 N–H and O–H groups in total. The topological polar surface area (TPSA) is 118 Å². The minimum atomic E-state index is -0.607. The zero-order valence-corrected chi connectivity index (χ0v) is 14.0. The number of primary amides is 1. The first-order valence-corrected chi connectivity index (χ1v) is 8.07. The minimum Gasteiger partial charge on any atom is -0.367 e. The first-order valence-electron chi connectivity index (χ1n) is 8.07. The predicted octanol–water partition coefficient (Wildman–Crippen LogP) is 0.594. The predicted molar refractivity (Wildman–Crippen MR) is 88.2 cm³/mol. The number of hydrogen-bond donors (Lipinski definition) is 2. The van der Waals surface area contributed by atoms with Crippen molar-refractivity contribution in [3.05, 3.63) is 18.1 Å². The van der Waals surface area contributed by atoms with E-state index < -0.39 is 5.91 Å². The van der Waals surface area contributed by atoms with Crippen molar-refractivity contribution in [2.45, 2.75) is 39.2 Å². The summed E-state index contributed by atoms with van der Waals surface area (Å²) in [6, 6.07) is 1.62. The van der Waals surface area contributed by atoms with E-state index in [2.05, 4.69) is 15.3 Å². The van der Waals surface area contributed by atoms with E-state index in [1.54, 1.807) is 4.90 Å². The summed E-state index contributed by atoms with van der Waals surface area (Å²) in [5, 5.41) is 3.22. The van der Waals surface area contributed by atoms with E-state index in [-0.39, 0.29) is 35.8 Å². The number of Topliss-reactive ketones (excluding diaryl/α,β-unsaturated/α-hetero) is 1. The molecule has 1 aromatic heterocycles. The van der Waals surface area contributed by atoms with Crippen LogP contribution in [0.2, 0.25) is 0 Å². The first kappa shape index (κ1) is 17.8. The molecule has 1 aliphatic heterocycles. The van der Waals surface area contributed by atoms with Gasteiger partial charge < -0.3 is 16.0 Å². The fraction of sp³-hybridized carbons (Fsp3) is 0.562. The maximum atomic E-state index is 12.1. The Labute approximate surface area is 140 Å². The molecule has 24 heavy (non-hydrogen) atoms. The van der Waals surface area contributed by atoms with Crippen LogP contribution < -0.4 is 11.1 Å². The van der Waals surface area contributed by atoms with Crippen molar-refractivity contribution in [2.75, 3.05) is 18.4 Å². The summed E-state index contributed by atoms with van der Waals surface area (Å²) in [4.78, 5) is 44.6. The molecule has 2 rings (SSSR count). The lowest BCUT2D eigenvalue weighted by Gasteiger charge is -2.32. The van der Waals surface area contributed by atoms with Gasteiger partial charge in [-0.15, -0.1) is 0 Å². The summed E-state index contributed by atoms with van der Waals surface area (Å²) in [6.45, 7) is 4.88. The van der Waals surface area contributed by atoms with Gasteiger partial charge in [0.2, 0.25) is 5.78 Å². The third-order valence-electron chi connectivity index (χ3n) is 3.89. The van der Waals surface area contributed by atoms with E-state index in [4.69, 9.17) is 5.73 Å². The van der Waals surface area contributed by atoms with Crippen LogP contribution in [0.4, 0.5) is 5.82 Å². The van der Waals surface area contributed by atoms with Crippen molar-refractivity contribution >= 4 is 23.4 Å². The average Bonchev–Trinajstić information content (AvgIpc) is 2.54. The maximum absolute atomic E-state index is 12.1. The SMILES string of the molecule is CC(C)CC(=O)C(=O)N1CCC(Nc2cc(C(N)=O)ncn2)CC1. The van der Waals surface area contributed by atoms with Gasteiger partial charge in [0, 0.05) is 31.6 Å². The number of anilines is 1. The Bertz CT molecular complexity index is 624. The number of carbonyl (C=O) groups is 3. The van der Waals surface area contributed by atoms with Crippen molar-refractivity contribution in [3.63, 3.8) is 0 Å². The standard InChI is InChI=1S/C16H23N5O3/c1-10(2)7-13(22)16(24)21-5-3-11(4-6-21)20-14-8-12(15(17)23)18-9-19-14/h8-11H,3-7H2,1-2H3,(H2,17,23)(H,18,19,20). The van der Waals surface area contributed by atoms with Gasteiger partial charge in [-0.25, -0.2) is 9.97 Å². The number of aromatic nitrogens is 2. The molecule has 0 saturated carbocycles. The smallest absolute Gasteiger partial charge is 0.289 e. The molecule has 8 nitrogen and oxygen atoms in total. The van der Waals surface area contributed by atoms with Crippen LogP contribution in [0.15, 0.2) is 12.4 Å². The third-order valence-corrected chi connectivity index (χ3v) is 3.89. The molecular weight excluding hydrogens is 310 g/mol. The van der Waals surface area contributed by atoms with E-state index >= 15 is 0 Å².